The topological polar surface area (TPSA) is 86.2 Å². The molecule has 0 unspecified atom stereocenters. The lowest BCUT2D eigenvalue weighted by molar-refractivity contribution is -0.384. The van der Waals surface area contributed by atoms with E-state index < -0.39 is 15.6 Å². The summed E-state index contributed by atoms with van der Waals surface area (Å²) < 4.78 is -0.726. The fourth-order valence-electron chi connectivity index (χ4n) is 0.981. The van der Waals surface area contributed by atoms with Gasteiger partial charge in [-0.3, -0.25) is 14.9 Å². The Balaban J connectivity index is 2.84. The lowest BCUT2D eigenvalue weighted by atomic mass is 10.2. The number of primary amides is 1. The van der Waals surface area contributed by atoms with Gasteiger partial charge in [0, 0.05) is 17.0 Å². The summed E-state index contributed by atoms with van der Waals surface area (Å²) in [6, 6.07) is 6.01. The Kier molecular flexibility index (Phi) is 3.54. The summed E-state index contributed by atoms with van der Waals surface area (Å²) in [6.07, 6.45) is 0. The minimum atomic E-state index is -0.726. The number of nitro groups is 1. The molecule has 0 aliphatic heterocycles. The largest absolute Gasteiger partial charge is 0.368 e. The number of non-ortho nitro benzene ring substituents is 1. The van der Waals surface area contributed by atoms with Crippen molar-refractivity contribution in [2.75, 3.05) is 0 Å². The molecule has 0 bridgehead atoms. The van der Waals surface area contributed by atoms with Crippen LogP contribution in [0.15, 0.2) is 29.2 Å². The maximum Gasteiger partial charge on any atom is 0.269 e. The van der Waals surface area contributed by atoms with E-state index in [0.29, 0.717) is 0 Å². The van der Waals surface area contributed by atoms with Crippen LogP contribution in [0.5, 0.6) is 0 Å². The molecule has 2 N–H and O–H groups in total. The van der Waals surface area contributed by atoms with Gasteiger partial charge in [0.25, 0.3) is 5.69 Å². The predicted octanol–water partition coefficient (Wildman–Crippen LogP) is 1.95. The first kappa shape index (κ1) is 12.5. The van der Waals surface area contributed by atoms with Crippen molar-refractivity contribution in [2.24, 2.45) is 5.73 Å². The van der Waals surface area contributed by atoms with Crippen molar-refractivity contribution >= 4 is 23.4 Å². The first-order valence-electron chi connectivity index (χ1n) is 4.56. The smallest absolute Gasteiger partial charge is 0.269 e. The van der Waals surface area contributed by atoms with Crippen LogP contribution in [0.2, 0.25) is 0 Å². The molecule has 0 aromatic heterocycles. The molecule has 0 radical (unpaired) electrons. The number of nitrogens with two attached hydrogens (primary N) is 1. The van der Waals surface area contributed by atoms with Gasteiger partial charge in [-0.2, -0.15) is 0 Å². The molecular weight excluding hydrogens is 228 g/mol. The SMILES string of the molecule is CC(C)(Sc1ccc([N+](=O)[O-])cc1)C(N)=O. The normalized spacial score (nSPS) is 11.1. The van der Waals surface area contributed by atoms with E-state index in [-0.39, 0.29) is 5.69 Å². The minimum Gasteiger partial charge on any atom is -0.368 e. The lowest BCUT2D eigenvalue weighted by Gasteiger charge is -2.19. The van der Waals surface area contributed by atoms with E-state index in [1.54, 1.807) is 26.0 Å². The monoisotopic (exact) mass is 240 g/mol. The molecule has 0 saturated carbocycles. The fourth-order valence-corrected chi connectivity index (χ4v) is 1.94. The van der Waals surface area contributed by atoms with Crippen molar-refractivity contribution in [2.45, 2.75) is 23.5 Å². The highest BCUT2D eigenvalue weighted by Crippen LogP contribution is 2.32. The Morgan fingerprint density at radius 3 is 2.25 bits per heavy atom. The molecule has 0 atom stereocenters. The van der Waals surface area contributed by atoms with E-state index in [4.69, 9.17) is 5.73 Å². The van der Waals surface area contributed by atoms with Crippen molar-refractivity contribution in [1.82, 2.24) is 0 Å². The molecule has 0 saturated heterocycles. The molecular formula is C10H12N2O3S. The molecule has 0 spiro atoms. The summed E-state index contributed by atoms with van der Waals surface area (Å²) in [6.45, 7) is 3.42. The molecule has 86 valence electrons. The Hall–Kier alpha value is -1.56. The molecule has 1 aromatic carbocycles. The molecule has 0 aliphatic carbocycles. The Morgan fingerprint density at radius 2 is 1.88 bits per heavy atom. The molecule has 1 rings (SSSR count). The summed E-state index contributed by atoms with van der Waals surface area (Å²) in [5, 5.41) is 10.4. The molecule has 0 aliphatic rings. The van der Waals surface area contributed by atoms with Gasteiger partial charge in [0.1, 0.15) is 0 Å². The number of nitro benzene ring substituents is 1. The average Bonchev–Trinajstić information content (AvgIpc) is 2.17. The van der Waals surface area contributed by atoms with Crippen LogP contribution in [0.1, 0.15) is 13.8 Å². The third kappa shape index (κ3) is 2.96. The van der Waals surface area contributed by atoms with Gasteiger partial charge in [0.15, 0.2) is 0 Å². The molecule has 1 aromatic rings. The summed E-state index contributed by atoms with van der Waals surface area (Å²) in [4.78, 5) is 21.8. The van der Waals surface area contributed by atoms with Crippen LogP contribution in [0.25, 0.3) is 0 Å². The number of benzene rings is 1. The Bertz CT molecular complexity index is 415. The molecule has 0 heterocycles. The van der Waals surface area contributed by atoms with E-state index in [9.17, 15) is 14.9 Å². The van der Waals surface area contributed by atoms with Gasteiger partial charge in [-0.25, -0.2) is 0 Å². The van der Waals surface area contributed by atoms with Gasteiger partial charge in [0.2, 0.25) is 5.91 Å². The van der Waals surface area contributed by atoms with Crippen LogP contribution in [-0.2, 0) is 4.79 Å². The summed E-state index contributed by atoms with van der Waals surface area (Å²) in [5.74, 6) is -0.421. The molecule has 16 heavy (non-hydrogen) atoms. The summed E-state index contributed by atoms with van der Waals surface area (Å²) in [7, 11) is 0. The Labute approximate surface area is 97.2 Å². The van der Waals surface area contributed by atoms with Crippen molar-refractivity contribution < 1.29 is 9.72 Å². The van der Waals surface area contributed by atoms with Crippen LogP contribution < -0.4 is 5.73 Å². The van der Waals surface area contributed by atoms with Crippen LogP contribution in [0.4, 0.5) is 5.69 Å². The number of carbonyl (C=O) groups excluding carboxylic acids is 1. The fraction of sp³-hybridized carbons (Fsp3) is 0.300. The number of thioether (sulfide) groups is 1. The van der Waals surface area contributed by atoms with Crippen LogP contribution >= 0.6 is 11.8 Å². The quantitative estimate of drug-likeness (QED) is 0.495. The third-order valence-corrected chi connectivity index (χ3v) is 3.23. The zero-order chi connectivity index (χ0) is 12.3. The number of amides is 1. The minimum absolute atomic E-state index is 0.0289. The van der Waals surface area contributed by atoms with Crippen LogP contribution in [-0.4, -0.2) is 15.6 Å². The molecule has 5 nitrogen and oxygen atoms in total. The maximum atomic E-state index is 11.1. The van der Waals surface area contributed by atoms with Gasteiger partial charge in [-0.1, -0.05) is 0 Å². The van der Waals surface area contributed by atoms with Crippen molar-refractivity contribution in [1.29, 1.82) is 0 Å². The number of hydrogen-bond donors (Lipinski definition) is 1. The Morgan fingerprint density at radius 1 is 1.38 bits per heavy atom. The van der Waals surface area contributed by atoms with Crippen LogP contribution in [0, 0.1) is 10.1 Å². The zero-order valence-corrected chi connectivity index (χ0v) is 9.78. The molecule has 0 fully saturated rings. The first-order chi connectivity index (χ1) is 7.33. The second-order valence-corrected chi connectivity index (χ2v) is 5.42. The van der Waals surface area contributed by atoms with E-state index in [0.717, 1.165) is 4.90 Å². The van der Waals surface area contributed by atoms with E-state index in [1.807, 2.05) is 0 Å². The lowest BCUT2D eigenvalue weighted by Crippen LogP contribution is -2.34. The number of hydrogen-bond acceptors (Lipinski definition) is 4. The number of rotatable bonds is 4. The summed E-state index contributed by atoms with van der Waals surface area (Å²) >= 11 is 1.28. The second kappa shape index (κ2) is 4.52. The highest BCUT2D eigenvalue weighted by molar-refractivity contribution is 8.01. The molecule has 1 amide bonds. The van der Waals surface area contributed by atoms with Gasteiger partial charge < -0.3 is 5.73 Å². The predicted molar refractivity (Wildman–Crippen MR) is 62.2 cm³/mol. The van der Waals surface area contributed by atoms with Crippen molar-refractivity contribution in [3.8, 4) is 0 Å². The number of carbonyl (C=O) groups is 1. The van der Waals surface area contributed by atoms with Gasteiger partial charge in [0.05, 0.1) is 9.67 Å². The van der Waals surface area contributed by atoms with Crippen molar-refractivity contribution in [3.63, 3.8) is 0 Å². The van der Waals surface area contributed by atoms with E-state index >= 15 is 0 Å². The van der Waals surface area contributed by atoms with Gasteiger partial charge in [-0.05, 0) is 26.0 Å². The van der Waals surface area contributed by atoms with E-state index in [2.05, 4.69) is 0 Å². The van der Waals surface area contributed by atoms with Crippen molar-refractivity contribution in [3.05, 3.63) is 34.4 Å². The second-order valence-electron chi connectivity index (χ2n) is 3.73. The summed E-state index contributed by atoms with van der Waals surface area (Å²) in [5.41, 5.74) is 5.26. The van der Waals surface area contributed by atoms with Gasteiger partial charge >= 0.3 is 0 Å². The third-order valence-electron chi connectivity index (χ3n) is 2.01. The first-order valence-corrected chi connectivity index (χ1v) is 5.38. The zero-order valence-electron chi connectivity index (χ0n) is 8.97. The van der Waals surface area contributed by atoms with E-state index in [1.165, 1.54) is 23.9 Å². The average molecular weight is 240 g/mol. The molecule has 6 heteroatoms. The number of nitrogens with zero attached hydrogens (tertiary/aromatic N) is 1. The standard InChI is InChI=1S/C10H12N2O3S/c1-10(2,9(11)13)16-8-5-3-7(4-6-8)12(14)15/h3-6H,1-2H3,(H2,11,13). The van der Waals surface area contributed by atoms with Gasteiger partial charge in [-0.15, -0.1) is 11.8 Å². The maximum absolute atomic E-state index is 11.1. The highest BCUT2D eigenvalue weighted by Gasteiger charge is 2.26. The van der Waals surface area contributed by atoms with Crippen LogP contribution in [0.3, 0.4) is 0 Å². The highest BCUT2D eigenvalue weighted by atomic mass is 32.2.